The molecule has 4 nitrogen and oxygen atoms in total. The van der Waals surface area contributed by atoms with Crippen LogP contribution in [0.2, 0.25) is 0 Å². The molecular formula is C18H16O4. The van der Waals surface area contributed by atoms with E-state index in [0.29, 0.717) is 16.5 Å². The van der Waals surface area contributed by atoms with Crippen molar-refractivity contribution in [3.8, 4) is 11.5 Å². The molecule has 3 aromatic rings. The maximum absolute atomic E-state index is 12.3. The van der Waals surface area contributed by atoms with Crippen molar-refractivity contribution in [2.24, 2.45) is 0 Å². The lowest BCUT2D eigenvalue weighted by molar-refractivity contribution is 0.0526. The molecule has 0 aromatic heterocycles. The summed E-state index contributed by atoms with van der Waals surface area (Å²) in [5.41, 5.74) is 0.175. The summed E-state index contributed by atoms with van der Waals surface area (Å²) in [5, 5.41) is 13.6. The van der Waals surface area contributed by atoms with Crippen molar-refractivity contribution < 1.29 is 19.4 Å². The molecule has 0 atom stereocenters. The van der Waals surface area contributed by atoms with E-state index in [4.69, 9.17) is 9.47 Å². The van der Waals surface area contributed by atoms with Gasteiger partial charge in [-0.05, 0) is 29.8 Å². The van der Waals surface area contributed by atoms with Gasteiger partial charge in [0, 0.05) is 10.8 Å². The highest BCUT2D eigenvalue weighted by Crippen LogP contribution is 2.39. The van der Waals surface area contributed by atoms with Crippen LogP contribution in [-0.4, -0.2) is 24.8 Å². The number of benzene rings is 3. The molecule has 0 spiro atoms. The molecule has 112 valence electrons. The zero-order valence-corrected chi connectivity index (χ0v) is 12.4. The van der Waals surface area contributed by atoms with Gasteiger partial charge in [-0.2, -0.15) is 0 Å². The zero-order valence-electron chi connectivity index (χ0n) is 12.4. The number of rotatable bonds is 3. The van der Waals surface area contributed by atoms with Crippen LogP contribution in [0.25, 0.3) is 21.5 Å². The second-order valence-corrected chi connectivity index (χ2v) is 4.90. The van der Waals surface area contributed by atoms with E-state index in [1.807, 2.05) is 30.3 Å². The number of carbonyl (C=O) groups excluding carboxylic acids is 1. The van der Waals surface area contributed by atoms with E-state index < -0.39 is 5.97 Å². The fourth-order valence-electron chi connectivity index (χ4n) is 2.69. The molecular weight excluding hydrogens is 280 g/mol. The van der Waals surface area contributed by atoms with Gasteiger partial charge in [-0.3, -0.25) is 0 Å². The Labute approximate surface area is 127 Å². The first-order valence-electron chi connectivity index (χ1n) is 7.06. The number of aromatic hydroxyl groups is 1. The van der Waals surface area contributed by atoms with Crippen LogP contribution in [0.1, 0.15) is 17.3 Å². The van der Waals surface area contributed by atoms with Crippen LogP contribution >= 0.6 is 0 Å². The molecule has 0 amide bonds. The summed E-state index contributed by atoms with van der Waals surface area (Å²) in [5.74, 6) is 0.0199. The summed E-state index contributed by atoms with van der Waals surface area (Å²) < 4.78 is 10.3. The average molecular weight is 296 g/mol. The van der Waals surface area contributed by atoms with Gasteiger partial charge >= 0.3 is 5.97 Å². The maximum Gasteiger partial charge on any atom is 0.342 e. The molecule has 0 bridgehead atoms. The predicted molar refractivity (Wildman–Crippen MR) is 85.6 cm³/mol. The topological polar surface area (TPSA) is 55.8 Å². The molecule has 0 saturated heterocycles. The van der Waals surface area contributed by atoms with Crippen molar-refractivity contribution in [2.45, 2.75) is 6.92 Å². The lowest BCUT2D eigenvalue weighted by Crippen LogP contribution is -2.06. The van der Waals surface area contributed by atoms with E-state index in [2.05, 4.69) is 0 Å². The fourth-order valence-corrected chi connectivity index (χ4v) is 2.69. The van der Waals surface area contributed by atoms with Gasteiger partial charge in [0.05, 0.1) is 13.7 Å². The Balaban J connectivity index is 2.47. The normalized spacial score (nSPS) is 10.8. The van der Waals surface area contributed by atoms with Crippen LogP contribution in [0.3, 0.4) is 0 Å². The first kappa shape index (κ1) is 14.2. The number of esters is 1. The van der Waals surface area contributed by atoms with Crippen LogP contribution in [0.15, 0.2) is 42.5 Å². The highest BCUT2D eigenvalue weighted by molar-refractivity contribution is 6.19. The average Bonchev–Trinajstić information content (AvgIpc) is 2.55. The van der Waals surface area contributed by atoms with Gasteiger partial charge in [0.25, 0.3) is 0 Å². The Hall–Kier alpha value is -2.75. The Morgan fingerprint density at radius 3 is 2.41 bits per heavy atom. The van der Waals surface area contributed by atoms with Crippen molar-refractivity contribution in [3.05, 3.63) is 48.0 Å². The van der Waals surface area contributed by atoms with E-state index in [1.54, 1.807) is 26.2 Å². The number of hydrogen-bond donors (Lipinski definition) is 1. The Kier molecular flexibility index (Phi) is 3.59. The summed E-state index contributed by atoms with van der Waals surface area (Å²) in [6.07, 6.45) is 0. The van der Waals surface area contributed by atoms with E-state index >= 15 is 0 Å². The number of carbonyl (C=O) groups is 1. The number of phenols is 1. The molecule has 0 unspecified atom stereocenters. The van der Waals surface area contributed by atoms with Crippen molar-refractivity contribution in [3.63, 3.8) is 0 Å². The largest absolute Gasteiger partial charge is 0.506 e. The molecule has 3 rings (SSSR count). The first-order valence-corrected chi connectivity index (χ1v) is 7.06. The molecule has 0 aliphatic rings. The number of phenolic OH excluding ortho intramolecular Hbond substituents is 1. The molecule has 0 radical (unpaired) electrons. The highest BCUT2D eigenvalue weighted by Gasteiger charge is 2.20. The SMILES string of the molecule is CCOC(=O)c1c(O)c2ccccc2c2ccc(OC)cc12. The number of methoxy groups -OCH3 is 1. The third-order valence-corrected chi connectivity index (χ3v) is 3.68. The third kappa shape index (κ3) is 2.13. The van der Waals surface area contributed by atoms with Gasteiger partial charge < -0.3 is 14.6 Å². The van der Waals surface area contributed by atoms with Gasteiger partial charge in [-0.25, -0.2) is 4.79 Å². The predicted octanol–water partition coefficient (Wildman–Crippen LogP) is 3.88. The summed E-state index contributed by atoms with van der Waals surface area (Å²) in [6.45, 7) is 1.98. The molecule has 4 heteroatoms. The van der Waals surface area contributed by atoms with Gasteiger partial charge in [0.15, 0.2) is 0 Å². The van der Waals surface area contributed by atoms with Gasteiger partial charge in [-0.15, -0.1) is 0 Å². The molecule has 3 aromatic carbocycles. The molecule has 0 aliphatic heterocycles. The first-order chi connectivity index (χ1) is 10.7. The monoisotopic (exact) mass is 296 g/mol. The van der Waals surface area contributed by atoms with Crippen molar-refractivity contribution in [1.82, 2.24) is 0 Å². The minimum atomic E-state index is -0.538. The molecule has 0 heterocycles. The Bertz CT molecular complexity index is 868. The molecule has 0 aliphatic carbocycles. The Morgan fingerprint density at radius 1 is 1.05 bits per heavy atom. The number of ether oxygens (including phenoxy) is 2. The lowest BCUT2D eigenvalue weighted by Gasteiger charge is -2.13. The Morgan fingerprint density at radius 2 is 1.73 bits per heavy atom. The van der Waals surface area contributed by atoms with Crippen LogP contribution in [0, 0.1) is 0 Å². The lowest BCUT2D eigenvalue weighted by atomic mass is 9.95. The summed E-state index contributed by atoms with van der Waals surface area (Å²) in [7, 11) is 1.56. The smallest absolute Gasteiger partial charge is 0.342 e. The number of fused-ring (bicyclic) bond motifs is 3. The quantitative estimate of drug-likeness (QED) is 0.588. The summed E-state index contributed by atoms with van der Waals surface area (Å²) in [4.78, 5) is 12.3. The summed E-state index contributed by atoms with van der Waals surface area (Å²) >= 11 is 0. The maximum atomic E-state index is 12.3. The van der Waals surface area contributed by atoms with Crippen molar-refractivity contribution in [2.75, 3.05) is 13.7 Å². The van der Waals surface area contributed by atoms with E-state index in [1.165, 1.54) is 0 Å². The van der Waals surface area contributed by atoms with Crippen molar-refractivity contribution in [1.29, 1.82) is 0 Å². The molecule has 1 N–H and O–H groups in total. The van der Waals surface area contributed by atoms with E-state index in [-0.39, 0.29) is 17.9 Å². The standard InChI is InChI=1S/C18H16O4/c1-3-22-18(20)16-15-10-11(21-2)8-9-13(15)12-6-4-5-7-14(12)17(16)19/h4-10,19H,3H2,1-2H3. The van der Waals surface area contributed by atoms with Crippen molar-refractivity contribution >= 4 is 27.5 Å². The van der Waals surface area contributed by atoms with Crippen LogP contribution in [-0.2, 0) is 4.74 Å². The van der Waals surface area contributed by atoms with E-state index in [0.717, 1.165) is 10.8 Å². The minimum absolute atomic E-state index is 0.0604. The summed E-state index contributed by atoms with van der Waals surface area (Å²) in [6, 6.07) is 12.9. The minimum Gasteiger partial charge on any atom is -0.506 e. The van der Waals surface area contributed by atoms with Gasteiger partial charge in [0.1, 0.15) is 17.1 Å². The third-order valence-electron chi connectivity index (χ3n) is 3.68. The second kappa shape index (κ2) is 5.56. The van der Waals surface area contributed by atoms with Gasteiger partial charge in [-0.1, -0.05) is 30.3 Å². The second-order valence-electron chi connectivity index (χ2n) is 4.90. The van der Waals surface area contributed by atoms with E-state index in [9.17, 15) is 9.90 Å². The fraction of sp³-hybridized carbons (Fsp3) is 0.167. The zero-order chi connectivity index (χ0) is 15.7. The van der Waals surface area contributed by atoms with Gasteiger partial charge in [0.2, 0.25) is 0 Å². The van der Waals surface area contributed by atoms with Crippen LogP contribution < -0.4 is 4.74 Å². The highest BCUT2D eigenvalue weighted by atomic mass is 16.5. The van der Waals surface area contributed by atoms with Crippen LogP contribution in [0.5, 0.6) is 11.5 Å². The molecule has 0 fully saturated rings. The van der Waals surface area contributed by atoms with Crippen LogP contribution in [0.4, 0.5) is 0 Å². The molecule has 0 saturated carbocycles. The molecule has 22 heavy (non-hydrogen) atoms. The number of hydrogen-bond acceptors (Lipinski definition) is 4.